The first-order chi connectivity index (χ1) is 13.5. The molecule has 0 saturated carbocycles. The minimum absolute atomic E-state index is 0.0806. The predicted molar refractivity (Wildman–Crippen MR) is 100 cm³/mol. The first-order valence-electron chi connectivity index (χ1n) is 8.64. The second-order valence-electron chi connectivity index (χ2n) is 6.28. The van der Waals surface area contributed by atoms with E-state index in [0.29, 0.717) is 11.1 Å². The average molecular weight is 382 g/mol. The van der Waals surface area contributed by atoms with E-state index in [9.17, 15) is 24.8 Å². The molecule has 144 valence electrons. The van der Waals surface area contributed by atoms with Crippen LogP contribution in [0.15, 0.2) is 60.2 Å². The van der Waals surface area contributed by atoms with Gasteiger partial charge in [0.15, 0.2) is 0 Å². The molecule has 1 atom stereocenters. The number of carbonyl (C=O) groups is 2. The minimum Gasteiger partial charge on any atom is -0.507 e. The van der Waals surface area contributed by atoms with E-state index in [0.717, 1.165) is 0 Å². The highest BCUT2D eigenvalue weighted by Gasteiger charge is 2.45. The van der Waals surface area contributed by atoms with Crippen LogP contribution in [0.25, 0.3) is 5.76 Å². The van der Waals surface area contributed by atoms with Gasteiger partial charge in [0, 0.05) is 30.8 Å². The molecule has 1 unspecified atom stereocenters. The van der Waals surface area contributed by atoms with Crippen LogP contribution in [0.4, 0.5) is 5.69 Å². The molecule has 0 spiro atoms. The molecule has 0 aromatic heterocycles. The predicted octanol–water partition coefficient (Wildman–Crippen LogP) is 2.40. The fourth-order valence-electron chi connectivity index (χ4n) is 3.23. The molecule has 1 aliphatic rings. The van der Waals surface area contributed by atoms with Crippen molar-refractivity contribution >= 4 is 23.1 Å². The standard InChI is InChI=1S/C20H18N2O6/c23-12-4-11-21-17(13-7-9-15(10-8-13)22(27)28)16(19(25)20(21)26)18(24)14-5-2-1-3-6-14/h1-3,5-10,17,23-24H,4,11-12H2/b18-16-. The van der Waals surface area contributed by atoms with Crippen molar-refractivity contribution < 1.29 is 24.7 Å². The lowest BCUT2D eigenvalue weighted by Crippen LogP contribution is -2.31. The Labute approximate surface area is 160 Å². The third-order valence-electron chi connectivity index (χ3n) is 4.56. The molecule has 1 saturated heterocycles. The van der Waals surface area contributed by atoms with Crippen molar-refractivity contribution in [2.24, 2.45) is 0 Å². The van der Waals surface area contributed by atoms with Crippen LogP contribution in [0.1, 0.15) is 23.6 Å². The largest absolute Gasteiger partial charge is 0.507 e. The number of ketones is 1. The number of rotatable bonds is 6. The zero-order valence-corrected chi connectivity index (χ0v) is 14.8. The summed E-state index contributed by atoms with van der Waals surface area (Å²) in [6.07, 6.45) is 0.252. The Kier molecular flexibility index (Phi) is 5.51. The molecule has 28 heavy (non-hydrogen) atoms. The number of carbonyl (C=O) groups excluding carboxylic acids is 2. The van der Waals surface area contributed by atoms with Crippen LogP contribution in [0, 0.1) is 10.1 Å². The summed E-state index contributed by atoms with van der Waals surface area (Å²) >= 11 is 0. The molecule has 0 radical (unpaired) electrons. The number of hydrogen-bond acceptors (Lipinski definition) is 6. The molecule has 2 N–H and O–H groups in total. The number of benzene rings is 2. The van der Waals surface area contributed by atoms with Gasteiger partial charge in [0.25, 0.3) is 17.4 Å². The highest BCUT2D eigenvalue weighted by Crippen LogP contribution is 2.39. The van der Waals surface area contributed by atoms with E-state index in [4.69, 9.17) is 5.11 Å². The summed E-state index contributed by atoms with van der Waals surface area (Å²) in [6.45, 7) is -0.0665. The lowest BCUT2D eigenvalue weighted by molar-refractivity contribution is -0.384. The Balaban J connectivity index is 2.14. The molecule has 1 heterocycles. The first-order valence-corrected chi connectivity index (χ1v) is 8.64. The minimum atomic E-state index is -0.896. The Morgan fingerprint density at radius 2 is 1.71 bits per heavy atom. The van der Waals surface area contributed by atoms with Crippen molar-refractivity contribution in [3.8, 4) is 0 Å². The van der Waals surface area contributed by atoms with Crippen molar-refractivity contribution in [2.45, 2.75) is 12.5 Å². The van der Waals surface area contributed by atoms with Crippen LogP contribution in [-0.2, 0) is 9.59 Å². The Morgan fingerprint density at radius 1 is 1.07 bits per heavy atom. The third-order valence-corrected chi connectivity index (χ3v) is 4.56. The van der Waals surface area contributed by atoms with E-state index in [1.807, 2.05) is 0 Å². The molecule has 8 heteroatoms. The van der Waals surface area contributed by atoms with Gasteiger partial charge in [-0.15, -0.1) is 0 Å². The molecule has 3 rings (SSSR count). The van der Waals surface area contributed by atoms with Crippen molar-refractivity contribution in [3.05, 3.63) is 81.4 Å². The number of nitro benzene ring substituents is 1. The van der Waals surface area contributed by atoms with Gasteiger partial charge in [-0.2, -0.15) is 0 Å². The van der Waals surface area contributed by atoms with E-state index in [-0.39, 0.29) is 36.6 Å². The highest BCUT2D eigenvalue weighted by molar-refractivity contribution is 6.46. The summed E-state index contributed by atoms with van der Waals surface area (Å²) in [6, 6.07) is 13.0. The van der Waals surface area contributed by atoms with Gasteiger partial charge in [0.1, 0.15) is 5.76 Å². The van der Waals surface area contributed by atoms with Crippen LogP contribution in [0.3, 0.4) is 0 Å². The average Bonchev–Trinajstić information content (AvgIpc) is 2.97. The van der Waals surface area contributed by atoms with E-state index >= 15 is 0 Å². The monoisotopic (exact) mass is 382 g/mol. The molecule has 2 aromatic rings. The van der Waals surface area contributed by atoms with Gasteiger partial charge in [-0.25, -0.2) is 0 Å². The Hall–Kier alpha value is -3.52. The maximum Gasteiger partial charge on any atom is 0.295 e. The summed E-state index contributed by atoms with van der Waals surface area (Å²) in [7, 11) is 0. The molecule has 1 amide bonds. The lowest BCUT2D eigenvalue weighted by Gasteiger charge is -2.25. The van der Waals surface area contributed by atoms with Crippen molar-refractivity contribution in [3.63, 3.8) is 0 Å². The van der Waals surface area contributed by atoms with Gasteiger partial charge in [-0.3, -0.25) is 19.7 Å². The molecular weight excluding hydrogens is 364 g/mol. The second-order valence-corrected chi connectivity index (χ2v) is 6.28. The Morgan fingerprint density at radius 3 is 2.29 bits per heavy atom. The van der Waals surface area contributed by atoms with Gasteiger partial charge < -0.3 is 15.1 Å². The van der Waals surface area contributed by atoms with Gasteiger partial charge >= 0.3 is 0 Å². The molecule has 1 aliphatic heterocycles. The van der Waals surface area contributed by atoms with Crippen LogP contribution in [0.5, 0.6) is 0 Å². The summed E-state index contributed by atoms with van der Waals surface area (Å²) in [5.41, 5.74) is 0.636. The number of likely N-dealkylation sites (tertiary alicyclic amines) is 1. The van der Waals surface area contributed by atoms with E-state index < -0.39 is 22.7 Å². The van der Waals surface area contributed by atoms with Gasteiger partial charge in [-0.05, 0) is 24.1 Å². The number of hydrogen-bond donors (Lipinski definition) is 2. The third kappa shape index (κ3) is 3.49. The highest BCUT2D eigenvalue weighted by atomic mass is 16.6. The van der Waals surface area contributed by atoms with Crippen LogP contribution < -0.4 is 0 Å². The zero-order valence-electron chi connectivity index (χ0n) is 14.8. The van der Waals surface area contributed by atoms with E-state index in [1.54, 1.807) is 30.3 Å². The van der Waals surface area contributed by atoms with Gasteiger partial charge in [0.2, 0.25) is 0 Å². The molecule has 0 aliphatic carbocycles. The number of amides is 1. The van der Waals surface area contributed by atoms with Crippen molar-refractivity contribution in [2.75, 3.05) is 13.2 Å². The summed E-state index contributed by atoms with van der Waals surface area (Å²) in [4.78, 5) is 36.9. The second kappa shape index (κ2) is 8.01. The number of aliphatic hydroxyl groups excluding tert-OH is 2. The van der Waals surface area contributed by atoms with Crippen LogP contribution >= 0.6 is 0 Å². The van der Waals surface area contributed by atoms with Crippen LogP contribution in [-0.4, -0.2) is 44.9 Å². The molecule has 1 fully saturated rings. The normalized spacial score (nSPS) is 18.5. The fraction of sp³-hybridized carbons (Fsp3) is 0.200. The molecular formula is C20H18N2O6. The van der Waals surface area contributed by atoms with Crippen molar-refractivity contribution in [1.29, 1.82) is 0 Å². The molecule has 8 nitrogen and oxygen atoms in total. The maximum atomic E-state index is 12.7. The molecule has 0 bridgehead atoms. The van der Waals surface area contributed by atoms with E-state index in [1.165, 1.54) is 29.2 Å². The topological polar surface area (TPSA) is 121 Å². The number of nitro groups is 1. The number of Topliss-reactive ketones (excluding diaryl/α,β-unsaturated/α-hetero) is 1. The zero-order chi connectivity index (χ0) is 20.3. The Bertz CT molecular complexity index is 937. The fourth-order valence-corrected chi connectivity index (χ4v) is 3.23. The summed E-state index contributed by atoms with van der Waals surface area (Å²) < 4.78 is 0. The van der Waals surface area contributed by atoms with Gasteiger partial charge in [0.05, 0.1) is 16.5 Å². The van der Waals surface area contributed by atoms with E-state index in [2.05, 4.69) is 0 Å². The lowest BCUT2D eigenvalue weighted by atomic mass is 9.95. The van der Waals surface area contributed by atoms with Crippen molar-refractivity contribution in [1.82, 2.24) is 4.90 Å². The smallest absolute Gasteiger partial charge is 0.295 e. The quantitative estimate of drug-likeness (QED) is 0.260. The van der Waals surface area contributed by atoms with Gasteiger partial charge in [-0.1, -0.05) is 30.3 Å². The van der Waals surface area contributed by atoms with Crippen LogP contribution in [0.2, 0.25) is 0 Å². The summed E-state index contributed by atoms with van der Waals surface area (Å²) in [5.74, 6) is -1.93. The summed E-state index contributed by atoms with van der Waals surface area (Å²) in [5, 5.41) is 30.8. The number of non-ortho nitro benzene ring substituents is 1. The number of aliphatic hydroxyl groups is 2. The maximum absolute atomic E-state index is 12.7. The SMILES string of the molecule is O=C1C(=O)N(CCCO)C(c2ccc([N+](=O)[O-])cc2)/C1=C(/O)c1ccccc1. The number of nitrogens with zero attached hydrogens (tertiary/aromatic N) is 2. The molecule has 2 aromatic carbocycles. The first kappa shape index (κ1) is 19.2.